The molecule has 1 amide bonds. The maximum atomic E-state index is 12.8. The summed E-state index contributed by atoms with van der Waals surface area (Å²) < 4.78 is 27.1. The molecule has 2 N–H and O–H groups in total. The zero-order chi connectivity index (χ0) is 15.7. The number of fused-ring (bicyclic) bond motifs is 1. The Kier molecular flexibility index (Phi) is 3.72. The van der Waals surface area contributed by atoms with E-state index >= 15 is 0 Å². The summed E-state index contributed by atoms with van der Waals surface area (Å²) in [6.45, 7) is 0. The van der Waals surface area contributed by atoms with Crippen molar-refractivity contribution in [1.29, 1.82) is 0 Å². The minimum Gasteiger partial charge on any atom is -0.373 e. The number of alkyl halides is 2. The Hall–Kier alpha value is -2.55. The molecule has 0 radical (unpaired) electrons. The van der Waals surface area contributed by atoms with Crippen molar-refractivity contribution in [2.24, 2.45) is 0 Å². The van der Waals surface area contributed by atoms with Gasteiger partial charge in [-0.15, -0.1) is 11.3 Å². The number of hydrogen-bond donors (Lipinski definition) is 2. The van der Waals surface area contributed by atoms with Crippen molar-refractivity contribution in [2.45, 2.75) is 6.43 Å². The van der Waals surface area contributed by atoms with Gasteiger partial charge in [0.1, 0.15) is 11.4 Å². The molecule has 6 nitrogen and oxygen atoms in total. The van der Waals surface area contributed by atoms with Gasteiger partial charge in [-0.05, 0) is 6.07 Å². The summed E-state index contributed by atoms with van der Waals surface area (Å²) in [6, 6.07) is 1.70. The minimum absolute atomic E-state index is 0.106. The predicted molar refractivity (Wildman–Crippen MR) is 79.8 cm³/mol. The number of rotatable bonds is 4. The topological polar surface area (TPSA) is 71.3 Å². The number of nitrogens with zero attached hydrogens (tertiary/aromatic N) is 3. The molecule has 22 heavy (non-hydrogen) atoms. The largest absolute Gasteiger partial charge is 0.373 e. The second-order valence-corrected chi connectivity index (χ2v) is 5.13. The number of amides is 1. The Bertz CT molecular complexity index is 829. The van der Waals surface area contributed by atoms with Gasteiger partial charge in [0.25, 0.3) is 12.3 Å². The van der Waals surface area contributed by atoms with Gasteiger partial charge in [0, 0.05) is 24.0 Å². The van der Waals surface area contributed by atoms with Crippen LogP contribution in [0.4, 0.5) is 20.3 Å². The van der Waals surface area contributed by atoms with Crippen LogP contribution in [0.25, 0.3) is 5.65 Å². The summed E-state index contributed by atoms with van der Waals surface area (Å²) >= 11 is 1.10. The third-order valence-electron chi connectivity index (χ3n) is 3.05. The molecule has 0 aliphatic heterocycles. The molecule has 3 aromatic rings. The normalized spacial score (nSPS) is 11.1. The van der Waals surface area contributed by atoms with Crippen molar-refractivity contribution in [2.75, 3.05) is 17.7 Å². The Morgan fingerprint density at radius 1 is 1.41 bits per heavy atom. The number of anilines is 2. The maximum Gasteiger partial charge on any atom is 0.266 e. The van der Waals surface area contributed by atoms with Crippen LogP contribution in [0.3, 0.4) is 0 Å². The van der Waals surface area contributed by atoms with Crippen LogP contribution >= 0.6 is 11.3 Å². The number of carbonyl (C=O) groups excluding carboxylic acids is 1. The third-order valence-corrected chi connectivity index (χ3v) is 3.81. The number of carbonyl (C=O) groups is 1. The van der Waals surface area contributed by atoms with Crippen LogP contribution in [0, 0.1) is 0 Å². The number of hydrogen-bond acceptors (Lipinski definition) is 5. The minimum atomic E-state index is -2.64. The lowest BCUT2D eigenvalue weighted by Gasteiger charge is -2.05. The van der Waals surface area contributed by atoms with Gasteiger partial charge in [0.05, 0.1) is 17.4 Å². The summed E-state index contributed by atoms with van der Waals surface area (Å²) in [5.74, 6) is 0.0434. The molecule has 3 heterocycles. The number of nitrogens with one attached hydrogen (secondary N) is 2. The first-order valence-electron chi connectivity index (χ1n) is 6.28. The monoisotopic (exact) mass is 323 g/mol. The van der Waals surface area contributed by atoms with E-state index in [1.165, 1.54) is 21.5 Å². The molecule has 0 aliphatic rings. The predicted octanol–water partition coefficient (Wildman–Crippen LogP) is 3.02. The van der Waals surface area contributed by atoms with Gasteiger partial charge in [-0.25, -0.2) is 18.3 Å². The highest BCUT2D eigenvalue weighted by atomic mass is 32.1. The highest BCUT2D eigenvalue weighted by molar-refractivity contribution is 7.08. The lowest BCUT2D eigenvalue weighted by atomic mass is 10.2. The second-order valence-electron chi connectivity index (χ2n) is 4.38. The van der Waals surface area contributed by atoms with Crippen LogP contribution < -0.4 is 10.6 Å². The molecule has 0 unspecified atom stereocenters. The van der Waals surface area contributed by atoms with Crippen LogP contribution in [-0.4, -0.2) is 27.6 Å². The molecular weight excluding hydrogens is 312 g/mol. The average Bonchev–Trinajstić information content (AvgIpc) is 3.12. The Morgan fingerprint density at radius 3 is 2.95 bits per heavy atom. The molecule has 0 saturated heterocycles. The quantitative estimate of drug-likeness (QED) is 0.774. The fourth-order valence-electron chi connectivity index (χ4n) is 1.94. The van der Waals surface area contributed by atoms with E-state index in [0.717, 1.165) is 11.3 Å². The zero-order valence-corrected chi connectivity index (χ0v) is 12.2. The smallest absolute Gasteiger partial charge is 0.266 e. The van der Waals surface area contributed by atoms with E-state index in [1.54, 1.807) is 19.3 Å². The van der Waals surface area contributed by atoms with Crippen molar-refractivity contribution in [1.82, 2.24) is 14.6 Å². The summed E-state index contributed by atoms with van der Waals surface area (Å²) in [5, 5.41) is 12.1. The molecule has 0 spiro atoms. The molecule has 0 aromatic carbocycles. The maximum absolute atomic E-state index is 12.8. The third kappa shape index (κ3) is 2.50. The summed E-state index contributed by atoms with van der Waals surface area (Å²) in [6.07, 6.45) is 0.366. The lowest BCUT2D eigenvalue weighted by Crippen LogP contribution is -2.13. The second kappa shape index (κ2) is 5.68. The summed E-state index contributed by atoms with van der Waals surface area (Å²) in [4.78, 5) is 16.5. The molecule has 0 fully saturated rings. The van der Waals surface area contributed by atoms with Crippen LogP contribution in [0.2, 0.25) is 0 Å². The fourth-order valence-corrected chi connectivity index (χ4v) is 2.71. The standard InChI is InChI=1S/C13H11F2N5OS/c1-16-10-2-3-20-12(19-10)7(4-17-20)13(21)18-9-6-22-5-8(9)11(14)15/h2-6,11H,1H3,(H,16,19)(H,18,21). The van der Waals surface area contributed by atoms with E-state index in [9.17, 15) is 13.6 Å². The molecule has 3 aromatic heterocycles. The van der Waals surface area contributed by atoms with Crippen molar-refractivity contribution < 1.29 is 13.6 Å². The first-order chi connectivity index (χ1) is 10.6. The van der Waals surface area contributed by atoms with Gasteiger partial charge >= 0.3 is 0 Å². The van der Waals surface area contributed by atoms with Crippen molar-refractivity contribution in [3.63, 3.8) is 0 Å². The molecule has 0 aliphatic carbocycles. The molecule has 3 rings (SSSR count). The first kappa shape index (κ1) is 14.4. The van der Waals surface area contributed by atoms with E-state index in [-0.39, 0.29) is 16.8 Å². The molecule has 0 atom stereocenters. The van der Waals surface area contributed by atoms with Gasteiger partial charge in [-0.2, -0.15) is 5.10 Å². The zero-order valence-electron chi connectivity index (χ0n) is 11.4. The average molecular weight is 323 g/mol. The van der Waals surface area contributed by atoms with Gasteiger partial charge in [-0.1, -0.05) is 0 Å². The molecular formula is C13H11F2N5OS. The number of thiophene rings is 1. The molecule has 9 heteroatoms. The van der Waals surface area contributed by atoms with Gasteiger partial charge in [-0.3, -0.25) is 4.79 Å². The summed E-state index contributed by atoms with van der Waals surface area (Å²) in [5.41, 5.74) is 0.467. The molecule has 0 saturated carbocycles. The van der Waals surface area contributed by atoms with Gasteiger partial charge in [0.15, 0.2) is 5.65 Å². The number of halogens is 2. The summed E-state index contributed by atoms with van der Waals surface area (Å²) in [7, 11) is 1.70. The fraction of sp³-hybridized carbons (Fsp3) is 0.154. The van der Waals surface area contributed by atoms with Crippen LogP contribution in [0.15, 0.2) is 29.2 Å². The van der Waals surface area contributed by atoms with Crippen molar-refractivity contribution >= 4 is 34.4 Å². The van der Waals surface area contributed by atoms with Crippen molar-refractivity contribution in [3.8, 4) is 0 Å². The van der Waals surface area contributed by atoms with E-state index in [2.05, 4.69) is 20.7 Å². The highest BCUT2D eigenvalue weighted by Crippen LogP contribution is 2.30. The van der Waals surface area contributed by atoms with Crippen LogP contribution in [0.5, 0.6) is 0 Å². The van der Waals surface area contributed by atoms with E-state index in [4.69, 9.17) is 0 Å². The number of aromatic nitrogens is 3. The van der Waals surface area contributed by atoms with E-state index < -0.39 is 12.3 Å². The Balaban J connectivity index is 1.93. The lowest BCUT2D eigenvalue weighted by molar-refractivity contribution is 0.102. The van der Waals surface area contributed by atoms with E-state index in [0.29, 0.717) is 11.5 Å². The van der Waals surface area contributed by atoms with Crippen LogP contribution in [0.1, 0.15) is 22.3 Å². The Labute approximate surface area is 127 Å². The molecule has 114 valence electrons. The highest BCUT2D eigenvalue weighted by Gasteiger charge is 2.19. The van der Waals surface area contributed by atoms with Crippen LogP contribution in [-0.2, 0) is 0 Å². The molecule has 0 bridgehead atoms. The van der Waals surface area contributed by atoms with Gasteiger partial charge < -0.3 is 10.6 Å². The first-order valence-corrected chi connectivity index (χ1v) is 7.22. The Morgan fingerprint density at radius 2 is 2.23 bits per heavy atom. The van der Waals surface area contributed by atoms with Gasteiger partial charge in [0.2, 0.25) is 0 Å². The SMILES string of the molecule is CNc1ccn2ncc(C(=O)Nc3cscc3C(F)F)c2n1. The van der Waals surface area contributed by atoms with Crippen molar-refractivity contribution in [3.05, 3.63) is 40.3 Å². The van der Waals surface area contributed by atoms with E-state index in [1.807, 2.05) is 0 Å².